The lowest BCUT2D eigenvalue weighted by Crippen LogP contribution is -2.53. The van der Waals surface area contributed by atoms with E-state index < -0.39 is 11.7 Å². The predicted octanol–water partition coefficient (Wildman–Crippen LogP) is 2.83. The standard InChI is InChI=1S/C22H33NO4/c1-13(2)11-18(24)27-21-16(12-14(3)5-6-15-7-8-15)23-10-9-17-19(26-17)20(23)22(21,4)25/h5-6,12-13,15-17,19-21,25H,7-11H2,1-4H3/b6-5+,14-12+/t16-,17+,19+,20+,21-,22-/m1/s1. The molecule has 4 fully saturated rings. The molecular formula is C22H33NO4. The lowest BCUT2D eigenvalue weighted by Gasteiger charge is -2.33. The number of hydrogen-bond donors (Lipinski definition) is 1. The van der Waals surface area contributed by atoms with Crippen LogP contribution in [-0.2, 0) is 14.3 Å². The maximum atomic E-state index is 12.4. The van der Waals surface area contributed by atoms with Crippen LogP contribution in [0.3, 0.4) is 0 Å². The van der Waals surface area contributed by atoms with E-state index in [9.17, 15) is 9.90 Å². The van der Waals surface area contributed by atoms with Crippen molar-refractivity contribution in [2.45, 2.75) is 89.4 Å². The number of ether oxygens (including phenoxy) is 2. The lowest BCUT2D eigenvalue weighted by molar-refractivity contribution is -0.162. The minimum Gasteiger partial charge on any atom is -0.457 e. The molecule has 3 saturated heterocycles. The summed E-state index contributed by atoms with van der Waals surface area (Å²) >= 11 is 0. The van der Waals surface area contributed by atoms with Gasteiger partial charge in [0.05, 0.1) is 18.2 Å². The van der Waals surface area contributed by atoms with Gasteiger partial charge in [0.2, 0.25) is 0 Å². The molecule has 1 N–H and O–H groups in total. The van der Waals surface area contributed by atoms with E-state index in [1.165, 1.54) is 12.8 Å². The molecule has 0 bridgehead atoms. The van der Waals surface area contributed by atoms with E-state index in [0.29, 0.717) is 6.42 Å². The van der Waals surface area contributed by atoms with Crippen LogP contribution in [0.25, 0.3) is 0 Å². The Morgan fingerprint density at radius 3 is 2.78 bits per heavy atom. The van der Waals surface area contributed by atoms with Crippen LogP contribution in [0.1, 0.15) is 53.4 Å². The van der Waals surface area contributed by atoms with Gasteiger partial charge in [-0.3, -0.25) is 9.69 Å². The number of allylic oxidation sites excluding steroid dienone is 3. The molecule has 1 aliphatic carbocycles. The Morgan fingerprint density at radius 1 is 1.37 bits per heavy atom. The fourth-order valence-corrected chi connectivity index (χ4v) is 4.76. The zero-order valence-electron chi connectivity index (χ0n) is 16.9. The molecule has 5 nitrogen and oxygen atoms in total. The van der Waals surface area contributed by atoms with Gasteiger partial charge >= 0.3 is 5.97 Å². The summed E-state index contributed by atoms with van der Waals surface area (Å²) < 4.78 is 11.7. The molecule has 6 atom stereocenters. The molecule has 0 radical (unpaired) electrons. The summed E-state index contributed by atoms with van der Waals surface area (Å²) in [5.41, 5.74) is 0.0424. The molecule has 4 rings (SSSR count). The van der Waals surface area contributed by atoms with E-state index in [1.807, 2.05) is 20.8 Å². The Kier molecular flexibility index (Phi) is 4.98. The molecule has 0 aromatic heterocycles. The Hall–Kier alpha value is -1.17. The minimum absolute atomic E-state index is 0.0563. The molecule has 5 heteroatoms. The van der Waals surface area contributed by atoms with Crippen LogP contribution in [0.15, 0.2) is 23.8 Å². The number of esters is 1. The minimum atomic E-state index is -1.12. The van der Waals surface area contributed by atoms with Crippen molar-refractivity contribution >= 4 is 5.97 Å². The summed E-state index contributed by atoms with van der Waals surface area (Å²) in [7, 11) is 0. The molecule has 0 unspecified atom stereocenters. The molecule has 0 aromatic carbocycles. The number of piperidine rings is 1. The molecule has 0 amide bonds. The molecular weight excluding hydrogens is 342 g/mol. The zero-order chi connectivity index (χ0) is 19.3. The van der Waals surface area contributed by atoms with E-state index in [2.05, 4.69) is 30.1 Å². The number of epoxide rings is 1. The Bertz CT molecular complexity index is 649. The van der Waals surface area contributed by atoms with Gasteiger partial charge in [0.25, 0.3) is 0 Å². The highest BCUT2D eigenvalue weighted by atomic mass is 16.6. The first kappa shape index (κ1) is 19.2. The van der Waals surface area contributed by atoms with Crippen molar-refractivity contribution in [1.29, 1.82) is 0 Å². The Labute approximate surface area is 162 Å². The lowest BCUT2D eigenvalue weighted by atomic mass is 9.88. The van der Waals surface area contributed by atoms with Crippen LogP contribution in [0, 0.1) is 11.8 Å². The topological polar surface area (TPSA) is 62.3 Å². The maximum Gasteiger partial charge on any atom is 0.306 e. The van der Waals surface area contributed by atoms with Gasteiger partial charge < -0.3 is 14.6 Å². The normalized spacial score (nSPS) is 41.7. The molecule has 0 aromatic rings. The highest BCUT2D eigenvalue weighted by molar-refractivity contribution is 5.70. The van der Waals surface area contributed by atoms with Crippen LogP contribution in [0.4, 0.5) is 0 Å². The van der Waals surface area contributed by atoms with Crippen LogP contribution in [0.5, 0.6) is 0 Å². The van der Waals surface area contributed by atoms with Gasteiger partial charge in [-0.1, -0.05) is 37.6 Å². The number of rotatable bonds is 6. The van der Waals surface area contributed by atoms with E-state index in [1.54, 1.807) is 0 Å². The van der Waals surface area contributed by atoms with Crippen LogP contribution in [-0.4, -0.2) is 58.5 Å². The molecule has 4 aliphatic rings. The van der Waals surface area contributed by atoms with Gasteiger partial charge in [0.1, 0.15) is 11.7 Å². The second-order valence-electron chi connectivity index (χ2n) is 9.44. The molecule has 150 valence electrons. The number of fused-ring (bicyclic) bond motifs is 3. The first-order chi connectivity index (χ1) is 12.8. The van der Waals surface area contributed by atoms with Crippen molar-refractivity contribution in [2.75, 3.05) is 6.54 Å². The van der Waals surface area contributed by atoms with Crippen LogP contribution in [0.2, 0.25) is 0 Å². The second kappa shape index (κ2) is 7.02. The fraction of sp³-hybridized carbons (Fsp3) is 0.773. The van der Waals surface area contributed by atoms with Gasteiger partial charge in [0.15, 0.2) is 6.10 Å². The summed E-state index contributed by atoms with van der Waals surface area (Å²) in [5, 5.41) is 11.4. The Balaban J connectivity index is 1.59. The molecule has 1 saturated carbocycles. The maximum absolute atomic E-state index is 12.4. The summed E-state index contributed by atoms with van der Waals surface area (Å²) in [4.78, 5) is 14.7. The highest BCUT2D eigenvalue weighted by Gasteiger charge is 2.67. The van der Waals surface area contributed by atoms with Gasteiger partial charge in [0, 0.05) is 13.0 Å². The average molecular weight is 376 g/mol. The van der Waals surface area contributed by atoms with Gasteiger partial charge in [-0.05, 0) is 44.9 Å². The van der Waals surface area contributed by atoms with Crippen LogP contribution >= 0.6 is 0 Å². The van der Waals surface area contributed by atoms with E-state index in [-0.39, 0.29) is 36.2 Å². The monoisotopic (exact) mass is 375 g/mol. The third-order valence-corrected chi connectivity index (χ3v) is 6.35. The molecule has 3 heterocycles. The third kappa shape index (κ3) is 3.87. The number of hydrogen-bond acceptors (Lipinski definition) is 5. The highest BCUT2D eigenvalue weighted by Crippen LogP contribution is 2.48. The van der Waals surface area contributed by atoms with E-state index in [0.717, 1.165) is 24.5 Å². The van der Waals surface area contributed by atoms with Crippen molar-refractivity contribution in [3.8, 4) is 0 Å². The average Bonchev–Trinajstić information content (AvgIpc) is 3.48. The number of aliphatic hydroxyl groups is 1. The molecule has 0 spiro atoms. The largest absolute Gasteiger partial charge is 0.457 e. The second-order valence-corrected chi connectivity index (χ2v) is 9.44. The van der Waals surface area contributed by atoms with Crippen LogP contribution < -0.4 is 0 Å². The summed E-state index contributed by atoms with van der Waals surface area (Å²) in [6.07, 6.45) is 10.3. The van der Waals surface area contributed by atoms with Crippen molar-refractivity contribution in [3.05, 3.63) is 23.8 Å². The number of nitrogens with zero attached hydrogens (tertiary/aromatic N) is 1. The van der Waals surface area contributed by atoms with Gasteiger partial charge in [-0.25, -0.2) is 0 Å². The third-order valence-electron chi connectivity index (χ3n) is 6.35. The smallest absolute Gasteiger partial charge is 0.306 e. The molecule has 3 aliphatic heterocycles. The summed E-state index contributed by atoms with van der Waals surface area (Å²) in [6, 6.07) is -0.232. The first-order valence-electron chi connectivity index (χ1n) is 10.5. The van der Waals surface area contributed by atoms with E-state index >= 15 is 0 Å². The molecule has 27 heavy (non-hydrogen) atoms. The van der Waals surface area contributed by atoms with Crippen molar-refractivity contribution in [1.82, 2.24) is 4.90 Å². The summed E-state index contributed by atoms with van der Waals surface area (Å²) in [6.45, 7) is 8.77. The number of carbonyl (C=O) groups is 1. The van der Waals surface area contributed by atoms with Crippen molar-refractivity contribution in [2.24, 2.45) is 11.8 Å². The Morgan fingerprint density at radius 2 is 2.11 bits per heavy atom. The van der Waals surface area contributed by atoms with E-state index in [4.69, 9.17) is 9.47 Å². The summed E-state index contributed by atoms with van der Waals surface area (Å²) in [5.74, 6) is 0.732. The first-order valence-corrected chi connectivity index (χ1v) is 10.5. The fourth-order valence-electron chi connectivity index (χ4n) is 4.76. The SMILES string of the molecule is CC(/C=C/C1CC1)=C\[C@@H]1[C@@H](OC(=O)CC(C)C)[C@](C)(O)[C@@H]2[C@H]3O[C@H]3CCN12. The number of carbonyl (C=O) groups excluding carboxylic acids is 1. The predicted molar refractivity (Wildman–Crippen MR) is 103 cm³/mol. The quantitative estimate of drug-likeness (QED) is 0.439. The van der Waals surface area contributed by atoms with Gasteiger partial charge in [-0.2, -0.15) is 0 Å². The zero-order valence-corrected chi connectivity index (χ0v) is 16.9. The van der Waals surface area contributed by atoms with Crippen molar-refractivity contribution in [3.63, 3.8) is 0 Å². The van der Waals surface area contributed by atoms with Crippen molar-refractivity contribution < 1.29 is 19.4 Å². The van der Waals surface area contributed by atoms with Gasteiger partial charge in [-0.15, -0.1) is 0 Å².